The molecule has 0 saturated carbocycles. The molecule has 0 N–H and O–H groups in total. The van der Waals surface area contributed by atoms with E-state index in [-0.39, 0.29) is 11.2 Å². The van der Waals surface area contributed by atoms with Gasteiger partial charge in [0.15, 0.2) is 0 Å². The Morgan fingerprint density at radius 3 is 2.47 bits per heavy atom. The van der Waals surface area contributed by atoms with Crippen molar-refractivity contribution in [3.05, 3.63) is 0 Å². The molecule has 1 saturated heterocycles. The van der Waals surface area contributed by atoms with Gasteiger partial charge in [-0.2, -0.15) is 0 Å². The van der Waals surface area contributed by atoms with Crippen LogP contribution < -0.4 is 0 Å². The molecule has 0 amide bonds. The lowest BCUT2D eigenvalue weighted by Gasteiger charge is -2.28. The van der Waals surface area contributed by atoms with E-state index in [1.807, 2.05) is 13.8 Å². The first kappa shape index (κ1) is 12.7. The molecule has 0 aromatic carbocycles. The van der Waals surface area contributed by atoms with Crippen LogP contribution in [0.15, 0.2) is 0 Å². The molecular weight excluding hydrogens is 188 g/mol. The number of hydrogen-bond acceptors (Lipinski definition) is 3. The number of carbonyl (C=O) groups is 1. The van der Waals surface area contributed by atoms with Gasteiger partial charge in [-0.3, -0.25) is 4.79 Å². The van der Waals surface area contributed by atoms with Crippen LogP contribution in [0.3, 0.4) is 0 Å². The predicted octanol–water partition coefficient (Wildman–Crippen LogP) is 1.24. The minimum absolute atomic E-state index is 0.193. The molecule has 3 heteroatoms. The first-order chi connectivity index (χ1) is 6.83. The van der Waals surface area contributed by atoms with Crippen LogP contribution in [0.25, 0.3) is 0 Å². The lowest BCUT2D eigenvalue weighted by Crippen LogP contribution is -2.39. The van der Waals surface area contributed by atoms with Crippen molar-refractivity contribution in [2.24, 2.45) is 5.41 Å². The first-order valence-electron chi connectivity index (χ1n) is 5.73. The largest absolute Gasteiger partial charge is 0.305 e. The maximum Gasteiger partial charge on any atom is 0.136 e. The van der Waals surface area contributed by atoms with Crippen LogP contribution >= 0.6 is 0 Å². The molecule has 1 heterocycles. The van der Waals surface area contributed by atoms with Gasteiger partial charge in [0.1, 0.15) is 5.78 Å². The lowest BCUT2D eigenvalue weighted by molar-refractivity contribution is -0.125. The number of rotatable bonds is 4. The summed E-state index contributed by atoms with van der Waals surface area (Å²) in [6, 6.07) is 0.660. The van der Waals surface area contributed by atoms with Crippen LogP contribution in [0, 0.1) is 5.41 Å². The van der Waals surface area contributed by atoms with Crippen molar-refractivity contribution in [3.63, 3.8) is 0 Å². The smallest absolute Gasteiger partial charge is 0.136 e. The molecule has 88 valence electrons. The second kappa shape index (κ2) is 4.62. The summed E-state index contributed by atoms with van der Waals surface area (Å²) in [5.74, 6) is 0.288. The summed E-state index contributed by atoms with van der Waals surface area (Å²) in [5.41, 5.74) is -0.193. The Balaban J connectivity index is 2.46. The topological polar surface area (TPSA) is 23.6 Å². The molecule has 1 aliphatic heterocycles. The molecule has 3 nitrogen and oxygen atoms in total. The second-order valence-electron chi connectivity index (χ2n) is 5.58. The van der Waals surface area contributed by atoms with E-state index in [0.29, 0.717) is 6.04 Å². The van der Waals surface area contributed by atoms with Crippen LogP contribution in [-0.2, 0) is 4.79 Å². The van der Waals surface area contributed by atoms with Gasteiger partial charge in [0.05, 0.1) is 0 Å². The number of hydrogen-bond donors (Lipinski definition) is 0. The summed E-state index contributed by atoms with van der Waals surface area (Å²) < 4.78 is 0. The summed E-state index contributed by atoms with van der Waals surface area (Å²) in [5, 5.41) is 0. The Bertz CT molecular complexity index is 236. The molecule has 1 atom stereocenters. The standard InChI is InChI=1S/C12H24N2O/c1-10(15)12(2,3)9-14-7-6-11(8-14)13(4)5/h11H,6-9H2,1-5H3. The number of carbonyl (C=O) groups excluding carboxylic acids is 1. The van der Waals surface area contributed by atoms with Crippen molar-refractivity contribution in [1.29, 1.82) is 0 Å². The lowest BCUT2D eigenvalue weighted by atomic mass is 9.88. The Morgan fingerprint density at radius 1 is 1.47 bits per heavy atom. The number of likely N-dealkylation sites (N-methyl/N-ethyl adjacent to an activating group) is 1. The number of Topliss-reactive ketones (excluding diaryl/α,β-unsaturated/α-hetero) is 1. The molecule has 0 aromatic heterocycles. The molecule has 1 fully saturated rings. The van der Waals surface area contributed by atoms with Crippen LogP contribution in [0.1, 0.15) is 27.2 Å². The summed E-state index contributed by atoms with van der Waals surface area (Å²) in [6.45, 7) is 8.89. The Labute approximate surface area is 93.4 Å². The van der Waals surface area contributed by atoms with E-state index in [2.05, 4.69) is 23.9 Å². The van der Waals surface area contributed by atoms with E-state index in [1.165, 1.54) is 6.42 Å². The highest BCUT2D eigenvalue weighted by Gasteiger charge is 2.31. The molecule has 0 radical (unpaired) electrons. The van der Waals surface area contributed by atoms with E-state index in [4.69, 9.17) is 0 Å². The van der Waals surface area contributed by atoms with Gasteiger partial charge in [-0.05, 0) is 34.0 Å². The summed E-state index contributed by atoms with van der Waals surface area (Å²) in [4.78, 5) is 16.1. The highest BCUT2D eigenvalue weighted by Crippen LogP contribution is 2.22. The highest BCUT2D eigenvalue weighted by atomic mass is 16.1. The predicted molar refractivity (Wildman–Crippen MR) is 63.0 cm³/mol. The van der Waals surface area contributed by atoms with Crippen molar-refractivity contribution < 1.29 is 4.79 Å². The van der Waals surface area contributed by atoms with Crippen LogP contribution in [0.2, 0.25) is 0 Å². The first-order valence-corrected chi connectivity index (χ1v) is 5.73. The van der Waals surface area contributed by atoms with Crippen LogP contribution in [0.4, 0.5) is 0 Å². The third-order valence-corrected chi connectivity index (χ3v) is 3.55. The quantitative estimate of drug-likeness (QED) is 0.700. The molecule has 1 rings (SSSR count). The monoisotopic (exact) mass is 212 g/mol. The average molecular weight is 212 g/mol. The Hall–Kier alpha value is -0.410. The molecule has 0 bridgehead atoms. The zero-order valence-electron chi connectivity index (χ0n) is 10.7. The van der Waals surface area contributed by atoms with Gasteiger partial charge in [0.25, 0.3) is 0 Å². The fourth-order valence-corrected chi connectivity index (χ4v) is 2.05. The molecule has 1 unspecified atom stereocenters. The van der Waals surface area contributed by atoms with Gasteiger partial charge in [-0.15, -0.1) is 0 Å². The number of likely N-dealkylation sites (tertiary alicyclic amines) is 1. The second-order valence-corrected chi connectivity index (χ2v) is 5.58. The number of nitrogens with zero attached hydrogens (tertiary/aromatic N) is 2. The van der Waals surface area contributed by atoms with Gasteiger partial charge in [0, 0.05) is 24.5 Å². The molecular formula is C12H24N2O. The minimum Gasteiger partial charge on any atom is -0.305 e. The number of ketones is 1. The van der Waals surface area contributed by atoms with Crippen molar-refractivity contribution >= 4 is 5.78 Å². The Kier molecular flexibility index (Phi) is 3.90. The third kappa shape index (κ3) is 3.28. The van der Waals surface area contributed by atoms with Crippen molar-refractivity contribution in [2.75, 3.05) is 33.7 Å². The van der Waals surface area contributed by atoms with Crippen molar-refractivity contribution in [2.45, 2.75) is 33.2 Å². The Morgan fingerprint density at radius 2 is 2.07 bits per heavy atom. The van der Waals surface area contributed by atoms with Gasteiger partial charge >= 0.3 is 0 Å². The average Bonchev–Trinajstić information content (AvgIpc) is 2.51. The fraction of sp³-hybridized carbons (Fsp3) is 0.917. The molecule has 0 spiro atoms. The summed E-state index contributed by atoms with van der Waals surface area (Å²) in [6.07, 6.45) is 1.22. The zero-order valence-corrected chi connectivity index (χ0v) is 10.7. The van der Waals surface area contributed by atoms with E-state index >= 15 is 0 Å². The minimum atomic E-state index is -0.193. The van der Waals surface area contributed by atoms with E-state index < -0.39 is 0 Å². The molecule has 0 aliphatic carbocycles. The van der Waals surface area contributed by atoms with Crippen LogP contribution in [-0.4, -0.2) is 55.4 Å². The SMILES string of the molecule is CC(=O)C(C)(C)CN1CCC(N(C)C)C1. The van der Waals surface area contributed by atoms with E-state index in [1.54, 1.807) is 6.92 Å². The van der Waals surface area contributed by atoms with Crippen LogP contribution in [0.5, 0.6) is 0 Å². The molecule has 0 aromatic rings. The van der Waals surface area contributed by atoms with Gasteiger partial charge in [-0.25, -0.2) is 0 Å². The molecule has 1 aliphatic rings. The summed E-state index contributed by atoms with van der Waals surface area (Å²) >= 11 is 0. The van der Waals surface area contributed by atoms with Gasteiger partial charge < -0.3 is 9.80 Å². The maximum atomic E-state index is 11.4. The van der Waals surface area contributed by atoms with E-state index in [0.717, 1.165) is 19.6 Å². The normalized spacial score (nSPS) is 23.7. The van der Waals surface area contributed by atoms with Crippen molar-refractivity contribution in [1.82, 2.24) is 9.80 Å². The highest BCUT2D eigenvalue weighted by molar-refractivity contribution is 5.81. The zero-order chi connectivity index (χ0) is 11.6. The van der Waals surface area contributed by atoms with E-state index in [9.17, 15) is 4.79 Å². The summed E-state index contributed by atoms with van der Waals surface area (Å²) in [7, 11) is 4.26. The van der Waals surface area contributed by atoms with Gasteiger partial charge in [-0.1, -0.05) is 13.8 Å². The van der Waals surface area contributed by atoms with Gasteiger partial charge in [0.2, 0.25) is 0 Å². The fourth-order valence-electron chi connectivity index (χ4n) is 2.05. The van der Waals surface area contributed by atoms with Crippen molar-refractivity contribution in [3.8, 4) is 0 Å². The molecule has 15 heavy (non-hydrogen) atoms. The maximum absolute atomic E-state index is 11.4. The third-order valence-electron chi connectivity index (χ3n) is 3.55.